The molecule has 1 heterocycles. The minimum atomic E-state index is -3.71. The summed E-state index contributed by atoms with van der Waals surface area (Å²) in [5, 5.41) is 4.68. The van der Waals surface area contributed by atoms with Crippen molar-refractivity contribution < 1.29 is 18.0 Å². The lowest BCUT2D eigenvalue weighted by molar-refractivity contribution is -0.141. The Labute approximate surface area is 248 Å². The van der Waals surface area contributed by atoms with E-state index in [0.717, 1.165) is 28.3 Å². The number of carbonyl (C=O) groups excluding carboxylic acids is 2. The Kier molecular flexibility index (Phi) is 8.92. The number of rotatable bonds is 12. The van der Waals surface area contributed by atoms with Crippen LogP contribution < -0.4 is 9.62 Å². The van der Waals surface area contributed by atoms with Gasteiger partial charge in [0.25, 0.3) is 10.0 Å². The van der Waals surface area contributed by atoms with Gasteiger partial charge >= 0.3 is 0 Å². The Balaban J connectivity index is 1.39. The van der Waals surface area contributed by atoms with Gasteiger partial charge in [0.2, 0.25) is 11.8 Å². The first-order chi connectivity index (χ1) is 20.3. The van der Waals surface area contributed by atoms with Crippen molar-refractivity contribution in [1.82, 2.24) is 10.2 Å². The van der Waals surface area contributed by atoms with Gasteiger partial charge in [0.05, 0.1) is 10.6 Å². The number of sulfonamides is 1. The van der Waals surface area contributed by atoms with Crippen LogP contribution in [-0.4, -0.2) is 43.8 Å². The lowest BCUT2D eigenvalue weighted by Gasteiger charge is -2.32. The van der Waals surface area contributed by atoms with E-state index in [1.807, 2.05) is 98.8 Å². The van der Waals surface area contributed by atoms with Crippen molar-refractivity contribution >= 4 is 38.3 Å². The zero-order valence-electron chi connectivity index (χ0n) is 24.1. The number of benzene rings is 4. The van der Waals surface area contributed by atoms with Crippen molar-refractivity contribution in [3.8, 4) is 0 Å². The maximum atomic E-state index is 14.0. The molecule has 1 aliphatic rings. The van der Waals surface area contributed by atoms with E-state index >= 15 is 0 Å². The molecule has 4 aromatic rings. The molecule has 7 nitrogen and oxygen atoms in total. The number of nitrogens with one attached hydrogen (secondary N) is 1. The first-order valence-electron chi connectivity index (χ1n) is 14.5. The molecule has 0 radical (unpaired) electrons. The molecule has 2 atom stereocenters. The number of hydrogen-bond donors (Lipinski definition) is 1. The van der Waals surface area contributed by atoms with Crippen molar-refractivity contribution in [2.45, 2.75) is 63.1 Å². The van der Waals surface area contributed by atoms with Crippen LogP contribution in [-0.2, 0) is 32.6 Å². The Morgan fingerprint density at radius 2 is 1.50 bits per heavy atom. The highest BCUT2D eigenvalue weighted by Crippen LogP contribution is 2.42. The largest absolute Gasteiger partial charge is 0.352 e. The molecule has 0 aromatic heterocycles. The molecule has 1 aliphatic heterocycles. The maximum Gasteiger partial charge on any atom is 0.265 e. The van der Waals surface area contributed by atoms with Gasteiger partial charge in [-0.05, 0) is 48.4 Å². The zero-order valence-corrected chi connectivity index (χ0v) is 24.9. The van der Waals surface area contributed by atoms with E-state index in [1.54, 1.807) is 17.0 Å². The van der Waals surface area contributed by atoms with E-state index in [9.17, 15) is 18.0 Å². The highest BCUT2D eigenvalue weighted by Gasteiger charge is 2.36. The predicted octanol–water partition coefficient (Wildman–Crippen LogP) is 5.68. The number of carbonyl (C=O) groups is 2. The summed E-state index contributed by atoms with van der Waals surface area (Å²) in [6.45, 7) is 4.41. The summed E-state index contributed by atoms with van der Waals surface area (Å²) in [6, 6.07) is 29.5. The first kappa shape index (κ1) is 29.3. The monoisotopic (exact) mass is 583 g/mol. The van der Waals surface area contributed by atoms with E-state index in [1.165, 1.54) is 4.31 Å². The third kappa shape index (κ3) is 6.19. The van der Waals surface area contributed by atoms with E-state index in [2.05, 4.69) is 5.32 Å². The Bertz CT molecular complexity index is 1650. The van der Waals surface area contributed by atoms with E-state index < -0.39 is 16.1 Å². The molecule has 8 heteroatoms. The van der Waals surface area contributed by atoms with Crippen LogP contribution in [0, 0.1) is 0 Å². The van der Waals surface area contributed by atoms with Crippen molar-refractivity contribution in [1.29, 1.82) is 0 Å². The third-order valence-electron chi connectivity index (χ3n) is 7.90. The van der Waals surface area contributed by atoms with Gasteiger partial charge in [-0.15, -0.1) is 0 Å². The van der Waals surface area contributed by atoms with Gasteiger partial charge in [-0.25, -0.2) is 8.42 Å². The summed E-state index contributed by atoms with van der Waals surface area (Å²) in [5.41, 5.74) is 2.53. The summed E-state index contributed by atoms with van der Waals surface area (Å²) in [7, 11) is -3.71. The minimum Gasteiger partial charge on any atom is -0.352 e. The fourth-order valence-corrected chi connectivity index (χ4v) is 7.24. The summed E-state index contributed by atoms with van der Waals surface area (Å²) < 4.78 is 28.3. The van der Waals surface area contributed by atoms with Crippen molar-refractivity contribution in [3.63, 3.8) is 0 Å². The van der Waals surface area contributed by atoms with Gasteiger partial charge in [-0.3, -0.25) is 13.9 Å². The van der Waals surface area contributed by atoms with E-state index in [0.29, 0.717) is 23.4 Å². The number of amides is 2. The fraction of sp³-hybridized carbons (Fsp3) is 0.294. The van der Waals surface area contributed by atoms with Gasteiger partial charge in [-0.2, -0.15) is 0 Å². The molecular weight excluding hydrogens is 546 g/mol. The molecule has 0 saturated carbocycles. The van der Waals surface area contributed by atoms with Crippen molar-refractivity contribution in [2.75, 3.05) is 10.8 Å². The van der Waals surface area contributed by atoms with Gasteiger partial charge in [-0.1, -0.05) is 91.9 Å². The van der Waals surface area contributed by atoms with E-state index in [4.69, 9.17) is 0 Å². The number of nitrogens with zero attached hydrogens (tertiary/aromatic N) is 2. The van der Waals surface area contributed by atoms with Crippen LogP contribution in [0.4, 0.5) is 5.69 Å². The molecule has 5 rings (SSSR count). The fourth-order valence-electron chi connectivity index (χ4n) is 5.49. The molecule has 42 heavy (non-hydrogen) atoms. The average molecular weight is 584 g/mol. The average Bonchev–Trinajstić information content (AvgIpc) is 3.22. The number of anilines is 1. The highest BCUT2D eigenvalue weighted by molar-refractivity contribution is 7.93. The summed E-state index contributed by atoms with van der Waals surface area (Å²) >= 11 is 0. The Hall–Kier alpha value is -4.17. The van der Waals surface area contributed by atoms with Crippen LogP contribution in [0.2, 0.25) is 0 Å². The van der Waals surface area contributed by atoms with Crippen LogP contribution in [0.3, 0.4) is 0 Å². The molecule has 218 valence electrons. The van der Waals surface area contributed by atoms with Gasteiger partial charge in [0.15, 0.2) is 0 Å². The third-order valence-corrected chi connectivity index (χ3v) is 9.76. The van der Waals surface area contributed by atoms with Crippen LogP contribution in [0.25, 0.3) is 10.8 Å². The van der Waals surface area contributed by atoms with Crippen molar-refractivity contribution in [2.24, 2.45) is 0 Å². The predicted molar refractivity (Wildman–Crippen MR) is 167 cm³/mol. The van der Waals surface area contributed by atoms with Gasteiger partial charge in [0, 0.05) is 37.4 Å². The molecule has 0 fully saturated rings. The molecule has 0 aliphatic carbocycles. The quantitative estimate of drug-likeness (QED) is 0.232. The second-order valence-corrected chi connectivity index (χ2v) is 12.7. The number of hydrogen-bond acceptors (Lipinski definition) is 4. The van der Waals surface area contributed by atoms with Crippen LogP contribution in [0.1, 0.15) is 44.2 Å². The second kappa shape index (κ2) is 12.8. The minimum absolute atomic E-state index is 0.0332. The maximum absolute atomic E-state index is 14.0. The molecule has 0 unspecified atom stereocenters. The molecule has 4 aromatic carbocycles. The Morgan fingerprint density at radius 3 is 2.17 bits per heavy atom. The highest BCUT2D eigenvalue weighted by atomic mass is 32.2. The SMILES string of the molecule is CC[C@H](C)NC(=O)[C@H](Cc1ccccc1)N(Cc1ccccc1)C(=O)CCCN1c2cccc3cccc(c23)S1(=O)=O. The summed E-state index contributed by atoms with van der Waals surface area (Å²) in [4.78, 5) is 29.6. The van der Waals surface area contributed by atoms with Crippen LogP contribution in [0.15, 0.2) is 102 Å². The lowest BCUT2D eigenvalue weighted by Crippen LogP contribution is -2.52. The smallest absolute Gasteiger partial charge is 0.265 e. The van der Waals surface area contributed by atoms with Gasteiger partial charge < -0.3 is 10.2 Å². The molecule has 2 amide bonds. The zero-order chi connectivity index (χ0) is 29.7. The first-order valence-corrected chi connectivity index (χ1v) is 16.0. The van der Waals surface area contributed by atoms with E-state index in [-0.39, 0.29) is 37.4 Å². The standard InChI is InChI=1S/C34H37N3O4S/c1-3-25(2)35-34(39)30(23-26-13-6-4-7-14-26)36(24-27-15-8-5-9-16-27)32(38)21-12-22-37-29-19-10-17-28-18-11-20-31(33(28)29)42(37,40)41/h4-11,13-20,25,30H,3,12,21-24H2,1-2H3,(H,35,39)/t25-,30-/m0/s1. The molecule has 0 spiro atoms. The van der Waals surface area contributed by atoms with Crippen molar-refractivity contribution in [3.05, 3.63) is 108 Å². The molecular formula is C34H37N3O4S. The lowest BCUT2D eigenvalue weighted by atomic mass is 10.0. The summed E-state index contributed by atoms with van der Waals surface area (Å²) in [5.74, 6) is -0.381. The van der Waals surface area contributed by atoms with Crippen LogP contribution >= 0.6 is 0 Å². The topological polar surface area (TPSA) is 86.8 Å². The summed E-state index contributed by atoms with van der Waals surface area (Å²) in [6.07, 6.45) is 1.57. The molecule has 0 bridgehead atoms. The molecule has 0 saturated heterocycles. The Morgan fingerprint density at radius 1 is 0.857 bits per heavy atom. The molecule has 1 N–H and O–H groups in total. The second-order valence-electron chi connectivity index (χ2n) is 10.8. The van der Waals surface area contributed by atoms with Gasteiger partial charge in [0.1, 0.15) is 6.04 Å². The normalized spacial score (nSPS) is 14.9. The van der Waals surface area contributed by atoms with Crippen LogP contribution in [0.5, 0.6) is 0 Å².